The maximum absolute atomic E-state index is 4.18. The molecule has 0 bridgehead atoms. The van der Waals surface area contributed by atoms with Gasteiger partial charge in [0.1, 0.15) is 0 Å². The number of hydrogen-bond acceptors (Lipinski definition) is 0. The van der Waals surface area contributed by atoms with E-state index in [1.807, 2.05) is 0 Å². The largest absolute Gasteiger partial charge is 0.213 e. The van der Waals surface area contributed by atoms with Gasteiger partial charge in [-0.05, 0) is 47.9 Å². The van der Waals surface area contributed by atoms with E-state index in [0.29, 0.717) is 0 Å². The molecule has 0 saturated carbocycles. The zero-order valence-corrected chi connectivity index (χ0v) is 16.2. The third-order valence-corrected chi connectivity index (χ3v) is 4.84. The first-order valence-electron chi connectivity index (χ1n) is 9.61. The van der Waals surface area contributed by atoms with Crippen molar-refractivity contribution in [1.29, 1.82) is 0 Å². The van der Waals surface area contributed by atoms with E-state index in [1.54, 1.807) is 0 Å². The summed E-state index contributed by atoms with van der Waals surface area (Å²) in [5.41, 5.74) is 8.38. The van der Waals surface area contributed by atoms with E-state index >= 15 is 0 Å². The molecule has 3 aromatic carbocycles. The molecule has 0 saturated heterocycles. The molecule has 28 heavy (non-hydrogen) atoms. The Labute approximate surface area is 167 Å². The number of pyridine rings is 1. The zero-order valence-electron chi connectivity index (χ0n) is 16.2. The van der Waals surface area contributed by atoms with Gasteiger partial charge in [0, 0.05) is 23.3 Å². The van der Waals surface area contributed by atoms with Crippen molar-refractivity contribution in [2.75, 3.05) is 0 Å². The molecule has 1 nitrogen and oxygen atoms in total. The van der Waals surface area contributed by atoms with Crippen LogP contribution in [0.15, 0.2) is 115 Å². The van der Waals surface area contributed by atoms with Gasteiger partial charge in [0.05, 0.1) is 0 Å². The highest BCUT2D eigenvalue weighted by atomic mass is 15.0. The van der Waals surface area contributed by atoms with Crippen molar-refractivity contribution in [3.63, 3.8) is 0 Å². The van der Waals surface area contributed by atoms with E-state index in [-0.39, 0.29) is 0 Å². The Hall–Kier alpha value is -3.45. The van der Waals surface area contributed by atoms with Gasteiger partial charge in [0.2, 0.25) is 11.4 Å². The van der Waals surface area contributed by atoms with Gasteiger partial charge in [-0.25, -0.2) is 0 Å². The lowest BCUT2D eigenvalue weighted by Gasteiger charge is -2.13. The average Bonchev–Trinajstić information content (AvgIpc) is 2.75. The quantitative estimate of drug-likeness (QED) is 0.280. The van der Waals surface area contributed by atoms with Crippen LogP contribution >= 0.6 is 0 Å². The highest BCUT2D eigenvalue weighted by Gasteiger charge is 2.22. The van der Waals surface area contributed by atoms with Crippen LogP contribution in [0.1, 0.15) is 6.92 Å². The van der Waals surface area contributed by atoms with Crippen molar-refractivity contribution in [3.05, 3.63) is 115 Å². The molecule has 0 spiro atoms. The van der Waals surface area contributed by atoms with E-state index in [1.165, 1.54) is 33.6 Å². The molecule has 1 aromatic heterocycles. The molecule has 0 aliphatic carbocycles. The van der Waals surface area contributed by atoms with Gasteiger partial charge >= 0.3 is 0 Å². The lowest BCUT2D eigenvalue weighted by molar-refractivity contribution is -0.667. The van der Waals surface area contributed by atoms with Crippen LogP contribution in [0, 0.1) is 0 Å². The predicted octanol–water partition coefficient (Wildman–Crippen LogP) is 6.55. The van der Waals surface area contributed by atoms with Gasteiger partial charge in [0.15, 0.2) is 6.54 Å². The van der Waals surface area contributed by atoms with Crippen molar-refractivity contribution in [1.82, 2.24) is 0 Å². The summed E-state index contributed by atoms with van der Waals surface area (Å²) in [6, 6.07) is 36.4. The molecule has 1 heteroatoms. The lowest BCUT2D eigenvalue weighted by atomic mass is 9.98. The van der Waals surface area contributed by atoms with Gasteiger partial charge in [-0.1, -0.05) is 73.3 Å². The van der Waals surface area contributed by atoms with Crippen LogP contribution in [0.5, 0.6) is 0 Å². The van der Waals surface area contributed by atoms with Gasteiger partial charge in [0.25, 0.3) is 0 Å². The van der Waals surface area contributed by atoms with Crippen molar-refractivity contribution in [2.24, 2.45) is 0 Å². The summed E-state index contributed by atoms with van der Waals surface area (Å²) in [5, 5.41) is 0. The van der Waals surface area contributed by atoms with E-state index in [4.69, 9.17) is 0 Å². The first-order chi connectivity index (χ1) is 13.7. The molecule has 0 N–H and O–H groups in total. The first-order valence-corrected chi connectivity index (χ1v) is 9.61. The Kier molecular flexibility index (Phi) is 5.16. The van der Waals surface area contributed by atoms with Crippen molar-refractivity contribution >= 4 is 0 Å². The maximum atomic E-state index is 4.18. The second-order valence-electron chi connectivity index (χ2n) is 7.16. The summed E-state index contributed by atoms with van der Waals surface area (Å²) in [4.78, 5) is 0. The first kappa shape index (κ1) is 17.9. The Bertz CT molecular complexity index is 1020. The molecule has 0 atom stereocenters. The fourth-order valence-electron chi connectivity index (χ4n) is 3.56. The molecule has 4 rings (SSSR count). The normalized spacial score (nSPS) is 10.6. The number of aromatic nitrogens is 1. The van der Waals surface area contributed by atoms with Crippen LogP contribution in [0.4, 0.5) is 0 Å². The monoisotopic (exact) mass is 362 g/mol. The second kappa shape index (κ2) is 8.06. The van der Waals surface area contributed by atoms with Crippen LogP contribution < -0.4 is 4.57 Å². The Balaban J connectivity index is 2.03. The van der Waals surface area contributed by atoms with E-state index < -0.39 is 0 Å². The molecule has 0 aliphatic heterocycles. The Morgan fingerprint density at radius 2 is 1.00 bits per heavy atom. The van der Waals surface area contributed by atoms with Crippen LogP contribution in [0.25, 0.3) is 33.6 Å². The van der Waals surface area contributed by atoms with Crippen molar-refractivity contribution in [3.8, 4) is 33.6 Å². The minimum atomic E-state index is 0.781. The van der Waals surface area contributed by atoms with Crippen molar-refractivity contribution < 1.29 is 4.57 Å². The Morgan fingerprint density at radius 1 is 0.607 bits per heavy atom. The van der Waals surface area contributed by atoms with E-state index in [2.05, 4.69) is 121 Å². The summed E-state index contributed by atoms with van der Waals surface area (Å²) in [7, 11) is 0. The number of allylic oxidation sites excluding steroid dienone is 1. The van der Waals surface area contributed by atoms with Crippen LogP contribution in [-0.4, -0.2) is 0 Å². The zero-order chi connectivity index (χ0) is 19.3. The third kappa shape index (κ3) is 3.79. The fourth-order valence-corrected chi connectivity index (χ4v) is 3.56. The molecular weight excluding hydrogens is 338 g/mol. The number of benzene rings is 3. The second-order valence-corrected chi connectivity index (χ2v) is 7.16. The molecule has 0 aliphatic rings. The molecule has 0 radical (unpaired) electrons. The molecule has 4 aromatic rings. The van der Waals surface area contributed by atoms with Gasteiger partial charge in [-0.15, -0.1) is 0 Å². The summed E-state index contributed by atoms with van der Waals surface area (Å²) in [6.45, 7) is 7.05. The van der Waals surface area contributed by atoms with Gasteiger partial charge < -0.3 is 0 Å². The minimum Gasteiger partial charge on any atom is -0.187 e. The topological polar surface area (TPSA) is 3.88 Å². The summed E-state index contributed by atoms with van der Waals surface area (Å²) >= 11 is 0. The third-order valence-electron chi connectivity index (χ3n) is 4.84. The fraction of sp³-hybridized carbons (Fsp3) is 0.0741. The number of nitrogens with zero attached hydrogens (tertiary/aromatic N) is 1. The molecule has 0 unspecified atom stereocenters. The highest BCUT2D eigenvalue weighted by molar-refractivity contribution is 5.73. The van der Waals surface area contributed by atoms with Crippen molar-refractivity contribution in [2.45, 2.75) is 13.5 Å². The van der Waals surface area contributed by atoms with Crippen LogP contribution in [-0.2, 0) is 6.54 Å². The summed E-state index contributed by atoms with van der Waals surface area (Å²) in [5.74, 6) is 0. The Morgan fingerprint density at radius 3 is 1.39 bits per heavy atom. The highest BCUT2D eigenvalue weighted by Crippen LogP contribution is 2.29. The van der Waals surface area contributed by atoms with Crippen LogP contribution in [0.3, 0.4) is 0 Å². The maximum Gasteiger partial charge on any atom is 0.213 e. The smallest absolute Gasteiger partial charge is 0.187 e. The molecular formula is C27H24N+. The average molecular weight is 362 g/mol. The molecule has 1 heterocycles. The molecule has 136 valence electrons. The minimum absolute atomic E-state index is 0.781. The molecule has 0 fully saturated rings. The lowest BCUT2D eigenvalue weighted by Crippen LogP contribution is -2.39. The predicted molar refractivity (Wildman–Crippen MR) is 118 cm³/mol. The summed E-state index contributed by atoms with van der Waals surface area (Å²) < 4.78 is 2.37. The number of rotatable bonds is 5. The standard InChI is InChI=1S/C27H24N/c1-21(2)20-28-26(23-14-8-4-9-15-23)18-25(22-12-6-3-7-13-22)19-27(28)24-16-10-5-11-17-24/h3-19H,1,20H2,2H3/q+1. The van der Waals surface area contributed by atoms with E-state index in [0.717, 1.165) is 12.1 Å². The summed E-state index contributed by atoms with van der Waals surface area (Å²) in [6.07, 6.45) is 0. The van der Waals surface area contributed by atoms with Gasteiger partial charge in [-0.3, -0.25) is 0 Å². The van der Waals surface area contributed by atoms with E-state index in [9.17, 15) is 0 Å². The van der Waals surface area contributed by atoms with Crippen LogP contribution in [0.2, 0.25) is 0 Å². The van der Waals surface area contributed by atoms with Gasteiger partial charge in [-0.2, -0.15) is 4.57 Å². The number of hydrogen-bond donors (Lipinski definition) is 0. The molecule has 0 amide bonds. The SMILES string of the molecule is C=C(C)C[n+]1c(-c2ccccc2)cc(-c2ccccc2)cc1-c1ccccc1.